The van der Waals surface area contributed by atoms with Gasteiger partial charge in [-0.1, -0.05) is 20.8 Å². The molecule has 0 spiro atoms. The zero-order valence-electron chi connectivity index (χ0n) is 8.91. The summed E-state index contributed by atoms with van der Waals surface area (Å²) in [5.74, 6) is -0.887. The highest BCUT2D eigenvalue weighted by atomic mass is 16.2. The molecule has 0 aliphatic heterocycles. The van der Waals surface area contributed by atoms with Gasteiger partial charge in [-0.15, -0.1) is 0 Å². The highest BCUT2D eigenvalue weighted by Gasteiger charge is 2.23. The smallest absolute Gasteiger partial charge is 0.240 e. The summed E-state index contributed by atoms with van der Waals surface area (Å²) in [6.45, 7) is 5.43. The molecule has 5 nitrogen and oxygen atoms in total. The van der Waals surface area contributed by atoms with Crippen LogP contribution in [-0.4, -0.2) is 23.9 Å². The number of nitrogens with one attached hydrogen (secondary N) is 1. The standard InChI is InChI=1S/C9H19N3O2/c1-4-6(10)9(14)12-7(5(2)3)8(11)13/h5-7H,4,10H2,1-3H3,(H2,11,13)(H,12,14)/t6-,7?/m1/s1. The molecule has 0 aromatic rings. The first-order chi connectivity index (χ1) is 6.40. The van der Waals surface area contributed by atoms with Crippen molar-refractivity contribution in [1.82, 2.24) is 5.32 Å². The Bertz CT molecular complexity index is 216. The van der Waals surface area contributed by atoms with E-state index in [1.807, 2.05) is 13.8 Å². The van der Waals surface area contributed by atoms with Gasteiger partial charge in [0, 0.05) is 0 Å². The van der Waals surface area contributed by atoms with Gasteiger partial charge in [0.05, 0.1) is 6.04 Å². The molecule has 0 aliphatic carbocycles. The van der Waals surface area contributed by atoms with E-state index < -0.39 is 18.0 Å². The van der Waals surface area contributed by atoms with E-state index in [9.17, 15) is 9.59 Å². The Kier molecular flexibility index (Phi) is 5.15. The van der Waals surface area contributed by atoms with Crippen molar-refractivity contribution in [3.8, 4) is 0 Å². The minimum atomic E-state index is -0.639. The zero-order valence-corrected chi connectivity index (χ0v) is 8.91. The second-order valence-corrected chi connectivity index (χ2v) is 3.65. The number of carbonyl (C=O) groups is 2. The average molecular weight is 201 g/mol. The molecule has 0 fully saturated rings. The third-order valence-corrected chi connectivity index (χ3v) is 2.05. The SMILES string of the molecule is CC[C@@H](N)C(=O)NC(C(N)=O)C(C)C. The van der Waals surface area contributed by atoms with Gasteiger partial charge in [-0.25, -0.2) is 0 Å². The van der Waals surface area contributed by atoms with Crippen LogP contribution in [0.4, 0.5) is 0 Å². The predicted molar refractivity (Wildman–Crippen MR) is 54.2 cm³/mol. The summed E-state index contributed by atoms with van der Waals surface area (Å²) >= 11 is 0. The van der Waals surface area contributed by atoms with Crippen molar-refractivity contribution in [1.29, 1.82) is 0 Å². The molecular formula is C9H19N3O2. The number of hydrogen-bond acceptors (Lipinski definition) is 3. The number of carbonyl (C=O) groups excluding carboxylic acids is 2. The van der Waals surface area contributed by atoms with Crippen LogP contribution in [-0.2, 0) is 9.59 Å². The lowest BCUT2D eigenvalue weighted by Crippen LogP contribution is -2.52. The summed E-state index contributed by atoms with van der Waals surface area (Å²) < 4.78 is 0. The molecule has 0 aromatic heterocycles. The number of amides is 2. The van der Waals surface area contributed by atoms with Crippen molar-refractivity contribution in [2.75, 3.05) is 0 Å². The molecule has 1 unspecified atom stereocenters. The average Bonchev–Trinajstić information content (AvgIpc) is 2.11. The largest absolute Gasteiger partial charge is 0.368 e. The van der Waals surface area contributed by atoms with E-state index in [1.165, 1.54) is 0 Å². The van der Waals surface area contributed by atoms with Crippen LogP contribution < -0.4 is 16.8 Å². The maximum absolute atomic E-state index is 11.3. The van der Waals surface area contributed by atoms with Crippen molar-refractivity contribution in [2.45, 2.75) is 39.3 Å². The number of rotatable bonds is 5. The van der Waals surface area contributed by atoms with E-state index in [-0.39, 0.29) is 11.8 Å². The van der Waals surface area contributed by atoms with E-state index in [4.69, 9.17) is 11.5 Å². The number of hydrogen-bond donors (Lipinski definition) is 3. The van der Waals surface area contributed by atoms with Gasteiger partial charge in [-0.05, 0) is 12.3 Å². The second-order valence-electron chi connectivity index (χ2n) is 3.65. The Balaban J connectivity index is 4.31. The maximum atomic E-state index is 11.3. The molecule has 0 bridgehead atoms. The van der Waals surface area contributed by atoms with E-state index in [1.54, 1.807) is 6.92 Å². The molecular weight excluding hydrogens is 182 g/mol. The molecule has 0 heterocycles. The van der Waals surface area contributed by atoms with E-state index in [2.05, 4.69) is 5.32 Å². The van der Waals surface area contributed by atoms with Gasteiger partial charge in [-0.3, -0.25) is 9.59 Å². The second kappa shape index (κ2) is 5.59. The molecule has 2 atom stereocenters. The minimum absolute atomic E-state index is 0.0273. The first kappa shape index (κ1) is 12.9. The van der Waals surface area contributed by atoms with Crippen LogP contribution in [0.1, 0.15) is 27.2 Å². The van der Waals surface area contributed by atoms with E-state index >= 15 is 0 Å². The lowest BCUT2D eigenvalue weighted by atomic mass is 10.0. The summed E-state index contributed by atoms with van der Waals surface area (Å²) in [6, 6.07) is -1.21. The van der Waals surface area contributed by atoms with Crippen molar-refractivity contribution in [3.63, 3.8) is 0 Å². The van der Waals surface area contributed by atoms with Gasteiger partial charge in [0.25, 0.3) is 0 Å². The Morgan fingerprint density at radius 3 is 2.14 bits per heavy atom. The predicted octanol–water partition coefficient (Wildman–Crippen LogP) is -0.650. The number of nitrogens with two attached hydrogens (primary N) is 2. The summed E-state index contributed by atoms with van der Waals surface area (Å²) in [5.41, 5.74) is 10.6. The normalized spacial score (nSPS) is 14.9. The fraction of sp³-hybridized carbons (Fsp3) is 0.778. The minimum Gasteiger partial charge on any atom is -0.368 e. The van der Waals surface area contributed by atoms with Crippen LogP contribution in [0.25, 0.3) is 0 Å². The monoisotopic (exact) mass is 201 g/mol. The van der Waals surface area contributed by atoms with Crippen LogP contribution in [0.3, 0.4) is 0 Å². The molecule has 14 heavy (non-hydrogen) atoms. The van der Waals surface area contributed by atoms with Crippen molar-refractivity contribution < 1.29 is 9.59 Å². The fourth-order valence-electron chi connectivity index (χ4n) is 1.01. The molecule has 0 saturated carbocycles. The first-order valence-corrected chi connectivity index (χ1v) is 4.75. The Labute approximate surface area is 84.2 Å². The Morgan fingerprint density at radius 1 is 1.36 bits per heavy atom. The maximum Gasteiger partial charge on any atom is 0.240 e. The number of primary amides is 1. The third kappa shape index (κ3) is 3.74. The van der Waals surface area contributed by atoms with Crippen LogP contribution in [0.5, 0.6) is 0 Å². The van der Waals surface area contributed by atoms with E-state index in [0.29, 0.717) is 6.42 Å². The molecule has 5 N–H and O–H groups in total. The molecule has 0 saturated heterocycles. The fourth-order valence-corrected chi connectivity index (χ4v) is 1.01. The molecule has 5 heteroatoms. The summed E-state index contributed by atoms with van der Waals surface area (Å²) in [4.78, 5) is 22.3. The summed E-state index contributed by atoms with van der Waals surface area (Å²) in [5, 5.41) is 2.53. The van der Waals surface area contributed by atoms with Gasteiger partial charge in [0.1, 0.15) is 6.04 Å². The van der Waals surface area contributed by atoms with Crippen LogP contribution >= 0.6 is 0 Å². The quantitative estimate of drug-likeness (QED) is 0.551. The van der Waals surface area contributed by atoms with Crippen molar-refractivity contribution in [3.05, 3.63) is 0 Å². The topological polar surface area (TPSA) is 98.2 Å². The molecule has 2 amide bonds. The summed E-state index contributed by atoms with van der Waals surface area (Å²) in [7, 11) is 0. The zero-order chi connectivity index (χ0) is 11.3. The lowest BCUT2D eigenvalue weighted by Gasteiger charge is -2.20. The van der Waals surface area contributed by atoms with Crippen molar-refractivity contribution >= 4 is 11.8 Å². The van der Waals surface area contributed by atoms with Gasteiger partial charge in [0.15, 0.2) is 0 Å². The molecule has 0 radical (unpaired) electrons. The molecule has 0 rings (SSSR count). The van der Waals surface area contributed by atoms with Gasteiger partial charge >= 0.3 is 0 Å². The van der Waals surface area contributed by atoms with Gasteiger partial charge in [0.2, 0.25) is 11.8 Å². The molecule has 0 aliphatic rings. The highest BCUT2D eigenvalue weighted by molar-refractivity contribution is 5.88. The molecule has 82 valence electrons. The third-order valence-electron chi connectivity index (χ3n) is 2.05. The Hall–Kier alpha value is -1.10. The van der Waals surface area contributed by atoms with Crippen LogP contribution in [0.2, 0.25) is 0 Å². The van der Waals surface area contributed by atoms with Gasteiger partial charge < -0.3 is 16.8 Å². The van der Waals surface area contributed by atoms with Crippen LogP contribution in [0, 0.1) is 5.92 Å². The van der Waals surface area contributed by atoms with Crippen LogP contribution in [0.15, 0.2) is 0 Å². The van der Waals surface area contributed by atoms with Gasteiger partial charge in [-0.2, -0.15) is 0 Å². The Morgan fingerprint density at radius 2 is 1.86 bits per heavy atom. The first-order valence-electron chi connectivity index (χ1n) is 4.75. The summed E-state index contributed by atoms with van der Waals surface area (Å²) in [6.07, 6.45) is 0.537. The lowest BCUT2D eigenvalue weighted by molar-refractivity contribution is -0.129. The highest BCUT2D eigenvalue weighted by Crippen LogP contribution is 2.01. The van der Waals surface area contributed by atoms with E-state index in [0.717, 1.165) is 0 Å². The van der Waals surface area contributed by atoms with Crippen molar-refractivity contribution in [2.24, 2.45) is 17.4 Å². The molecule has 0 aromatic carbocycles.